The zero-order valence-corrected chi connectivity index (χ0v) is 30.4. The normalized spacial score (nSPS) is 11.2. The second kappa shape index (κ2) is 14.3. The van der Waals surface area contributed by atoms with Crippen molar-refractivity contribution in [3.8, 4) is 45.5 Å². The third kappa shape index (κ3) is 5.98. The first kappa shape index (κ1) is 33.0. The Bertz CT molecular complexity index is 3010. The molecule has 0 unspecified atom stereocenters. The van der Waals surface area contributed by atoms with Gasteiger partial charge in [-0.25, -0.2) is 15.0 Å². The predicted molar refractivity (Wildman–Crippen MR) is 231 cm³/mol. The zero-order chi connectivity index (χ0) is 37.3. The molecule has 11 aromatic rings. The lowest BCUT2D eigenvalue weighted by Gasteiger charge is -2.11. The van der Waals surface area contributed by atoms with Crippen LogP contribution in [0, 0.1) is 0 Å². The summed E-state index contributed by atoms with van der Waals surface area (Å²) in [6.07, 6.45) is 0. The second-order valence-electron chi connectivity index (χ2n) is 13.7. The molecule has 0 atom stereocenters. The lowest BCUT2D eigenvalue weighted by molar-refractivity contribution is 1.07. The third-order valence-electron chi connectivity index (χ3n) is 10.2. The molecule has 3 heterocycles. The molecule has 5 nitrogen and oxygen atoms in total. The lowest BCUT2D eigenvalue weighted by atomic mass is 10.1. The maximum atomic E-state index is 4.95. The van der Waals surface area contributed by atoms with Crippen molar-refractivity contribution in [2.75, 3.05) is 0 Å². The number of rotatable bonds is 5. The Kier molecular flexibility index (Phi) is 8.43. The molecule has 11 rings (SSSR count). The molecule has 264 valence electrons. The Morgan fingerprint density at radius 2 is 0.589 bits per heavy atom. The summed E-state index contributed by atoms with van der Waals surface area (Å²) in [4.78, 5) is 14.8. The molecule has 0 saturated heterocycles. The van der Waals surface area contributed by atoms with Gasteiger partial charge in [-0.15, -0.1) is 0 Å². The number of fused-ring (bicyclic) bond motifs is 6. The predicted octanol–water partition coefficient (Wildman–Crippen LogP) is 12.8. The number of benzene rings is 8. The summed E-state index contributed by atoms with van der Waals surface area (Å²) in [5, 5.41) is 4.94. The van der Waals surface area contributed by atoms with Crippen LogP contribution in [0.15, 0.2) is 212 Å². The van der Waals surface area contributed by atoms with Crippen molar-refractivity contribution in [1.29, 1.82) is 0 Å². The quantitative estimate of drug-likeness (QED) is 0.178. The topological polar surface area (TPSA) is 48.5 Å². The summed E-state index contributed by atoms with van der Waals surface area (Å²) in [7, 11) is 0. The number of hydrogen-bond donors (Lipinski definition) is 0. The molecule has 5 heteroatoms. The fourth-order valence-corrected chi connectivity index (χ4v) is 7.65. The second-order valence-corrected chi connectivity index (χ2v) is 13.7. The Balaban J connectivity index is 0.000000588. The maximum absolute atomic E-state index is 4.95. The molecule has 0 spiro atoms. The summed E-state index contributed by atoms with van der Waals surface area (Å²) in [5.41, 5.74) is 9.75. The van der Waals surface area contributed by atoms with E-state index in [1.807, 2.05) is 97.1 Å². The molecule has 3 aromatic heterocycles. The van der Waals surface area contributed by atoms with E-state index < -0.39 is 0 Å². The summed E-state index contributed by atoms with van der Waals surface area (Å²) >= 11 is 0. The molecule has 0 N–H and O–H groups in total. The largest absolute Gasteiger partial charge is 0.309 e. The van der Waals surface area contributed by atoms with E-state index in [2.05, 4.69) is 124 Å². The van der Waals surface area contributed by atoms with Gasteiger partial charge in [0.1, 0.15) is 0 Å². The van der Waals surface area contributed by atoms with E-state index in [-0.39, 0.29) is 0 Å². The molecule has 0 aliphatic heterocycles. The Morgan fingerprint density at radius 1 is 0.250 bits per heavy atom. The summed E-state index contributed by atoms with van der Waals surface area (Å²) < 4.78 is 4.75. The minimum absolute atomic E-state index is 0.639. The molecule has 0 bridgehead atoms. The van der Waals surface area contributed by atoms with Crippen molar-refractivity contribution in [3.05, 3.63) is 212 Å². The smallest absolute Gasteiger partial charge is 0.164 e. The van der Waals surface area contributed by atoms with Crippen LogP contribution < -0.4 is 0 Å². The SMILES string of the molecule is c1ccc(-c2nc(-c3ccccc3)nc(-c3ccc(-n4c5ccccc5c5cc6c7ccccc7n(-c7ccccc7)c6cc54)cc3)n2)cc1.c1ccccc1. The van der Waals surface area contributed by atoms with Gasteiger partial charge in [0.25, 0.3) is 0 Å². The minimum atomic E-state index is 0.639. The van der Waals surface area contributed by atoms with Crippen LogP contribution >= 0.6 is 0 Å². The van der Waals surface area contributed by atoms with Crippen LogP contribution in [-0.2, 0) is 0 Å². The van der Waals surface area contributed by atoms with E-state index in [1.54, 1.807) is 0 Å². The average Bonchev–Trinajstić information content (AvgIpc) is 3.79. The van der Waals surface area contributed by atoms with Gasteiger partial charge in [-0.1, -0.05) is 152 Å². The fourth-order valence-electron chi connectivity index (χ4n) is 7.65. The van der Waals surface area contributed by atoms with Crippen LogP contribution in [0.25, 0.3) is 89.2 Å². The molecule has 0 saturated carbocycles. The average molecular weight is 718 g/mol. The van der Waals surface area contributed by atoms with Gasteiger partial charge >= 0.3 is 0 Å². The minimum Gasteiger partial charge on any atom is -0.309 e. The summed E-state index contributed by atoms with van der Waals surface area (Å²) in [6, 6.07) is 73.5. The molecule has 8 aromatic carbocycles. The first-order chi connectivity index (χ1) is 27.8. The van der Waals surface area contributed by atoms with Crippen LogP contribution in [0.2, 0.25) is 0 Å². The van der Waals surface area contributed by atoms with E-state index in [0.29, 0.717) is 17.5 Å². The molecule has 0 fully saturated rings. The van der Waals surface area contributed by atoms with E-state index in [1.165, 1.54) is 32.6 Å². The van der Waals surface area contributed by atoms with Crippen LogP contribution in [0.1, 0.15) is 0 Å². The number of nitrogens with zero attached hydrogens (tertiary/aromatic N) is 5. The summed E-state index contributed by atoms with van der Waals surface area (Å²) in [6.45, 7) is 0. The highest BCUT2D eigenvalue weighted by molar-refractivity contribution is 6.19. The van der Waals surface area contributed by atoms with Crippen molar-refractivity contribution < 1.29 is 0 Å². The van der Waals surface area contributed by atoms with E-state index in [9.17, 15) is 0 Å². The van der Waals surface area contributed by atoms with E-state index >= 15 is 0 Å². The Morgan fingerprint density at radius 3 is 1.04 bits per heavy atom. The zero-order valence-electron chi connectivity index (χ0n) is 30.4. The number of hydrogen-bond acceptors (Lipinski definition) is 3. The molecular formula is C51H35N5. The molecule has 56 heavy (non-hydrogen) atoms. The van der Waals surface area contributed by atoms with Gasteiger partial charge in [-0.3, -0.25) is 0 Å². The molecule has 0 amide bonds. The van der Waals surface area contributed by atoms with Gasteiger partial charge in [0.05, 0.1) is 22.1 Å². The highest BCUT2D eigenvalue weighted by Gasteiger charge is 2.19. The van der Waals surface area contributed by atoms with Crippen molar-refractivity contribution in [1.82, 2.24) is 24.1 Å². The Hall–Kier alpha value is -7.63. The summed E-state index contributed by atoms with van der Waals surface area (Å²) in [5.74, 6) is 1.94. The molecule has 0 aliphatic rings. The Labute approximate surface area is 324 Å². The maximum Gasteiger partial charge on any atom is 0.164 e. The van der Waals surface area contributed by atoms with Crippen molar-refractivity contribution in [2.24, 2.45) is 0 Å². The monoisotopic (exact) mass is 717 g/mol. The fraction of sp³-hybridized carbons (Fsp3) is 0. The van der Waals surface area contributed by atoms with Crippen molar-refractivity contribution in [2.45, 2.75) is 0 Å². The van der Waals surface area contributed by atoms with Gasteiger partial charge in [0.2, 0.25) is 0 Å². The molecule has 0 aliphatic carbocycles. The van der Waals surface area contributed by atoms with Crippen LogP contribution in [0.3, 0.4) is 0 Å². The van der Waals surface area contributed by atoms with Crippen LogP contribution in [0.5, 0.6) is 0 Å². The van der Waals surface area contributed by atoms with Gasteiger partial charge < -0.3 is 9.13 Å². The van der Waals surface area contributed by atoms with Gasteiger partial charge in [-0.2, -0.15) is 0 Å². The van der Waals surface area contributed by atoms with Gasteiger partial charge in [0, 0.05) is 49.6 Å². The van der Waals surface area contributed by atoms with E-state index in [4.69, 9.17) is 15.0 Å². The molecular weight excluding hydrogens is 683 g/mol. The van der Waals surface area contributed by atoms with Gasteiger partial charge in [-0.05, 0) is 60.7 Å². The standard InChI is InChI=1S/C45H29N5.C6H6/c1-4-14-30(15-5-1)43-46-44(31-16-6-2-7-17-31)48-45(47-43)32-24-26-34(27-25-32)50-40-23-13-11-21-36(40)38-28-37-35-20-10-12-22-39(35)49(41(37)29-42(38)50)33-18-8-3-9-19-33;1-2-4-6-5-3-1/h1-29H;1-6H. The van der Waals surface area contributed by atoms with Crippen LogP contribution in [-0.4, -0.2) is 24.1 Å². The lowest BCUT2D eigenvalue weighted by Crippen LogP contribution is -2.00. The van der Waals surface area contributed by atoms with Crippen molar-refractivity contribution in [3.63, 3.8) is 0 Å². The van der Waals surface area contributed by atoms with E-state index in [0.717, 1.165) is 39.1 Å². The highest BCUT2D eigenvalue weighted by Crippen LogP contribution is 2.39. The first-order valence-corrected chi connectivity index (χ1v) is 18.8. The van der Waals surface area contributed by atoms with Gasteiger partial charge in [0.15, 0.2) is 17.5 Å². The number of para-hydroxylation sites is 3. The number of aromatic nitrogens is 5. The van der Waals surface area contributed by atoms with Crippen LogP contribution in [0.4, 0.5) is 0 Å². The third-order valence-corrected chi connectivity index (χ3v) is 10.2. The molecule has 0 radical (unpaired) electrons. The van der Waals surface area contributed by atoms with Crippen molar-refractivity contribution >= 4 is 43.6 Å². The highest BCUT2D eigenvalue weighted by atomic mass is 15.0. The first-order valence-electron chi connectivity index (χ1n) is 18.8.